The zero-order valence-electron chi connectivity index (χ0n) is 12.5. The summed E-state index contributed by atoms with van der Waals surface area (Å²) in [6.45, 7) is 6.11. The Labute approximate surface area is 124 Å². The number of nitrogens with zero attached hydrogens (tertiary/aromatic N) is 1. The number of hydrogen-bond acceptors (Lipinski definition) is 2. The van der Waals surface area contributed by atoms with Crippen LogP contribution in [-0.4, -0.2) is 34.0 Å². The number of nitrogens with one attached hydrogen (secondary N) is 1. The van der Waals surface area contributed by atoms with E-state index in [4.69, 9.17) is 0 Å². The molecule has 112 valence electrons. The van der Waals surface area contributed by atoms with E-state index in [1.54, 1.807) is 0 Å². The molecular formula is C17H22N2O2. The summed E-state index contributed by atoms with van der Waals surface area (Å²) in [5.74, 6) is 0.322. The fourth-order valence-corrected chi connectivity index (χ4v) is 3.73. The summed E-state index contributed by atoms with van der Waals surface area (Å²) in [5.41, 5.74) is 1.87. The van der Waals surface area contributed by atoms with Crippen molar-refractivity contribution < 1.29 is 9.90 Å². The van der Waals surface area contributed by atoms with E-state index in [-0.39, 0.29) is 0 Å². The Balaban J connectivity index is 2.00. The van der Waals surface area contributed by atoms with Crippen LogP contribution in [-0.2, 0) is 4.79 Å². The second kappa shape index (κ2) is 5.53. The topological polar surface area (TPSA) is 56.3 Å². The lowest BCUT2D eigenvalue weighted by Crippen LogP contribution is -2.43. The van der Waals surface area contributed by atoms with Crippen LogP contribution in [0.3, 0.4) is 0 Å². The molecule has 4 heteroatoms. The third kappa shape index (κ3) is 2.68. The van der Waals surface area contributed by atoms with E-state index in [9.17, 15) is 9.90 Å². The van der Waals surface area contributed by atoms with E-state index in [1.165, 1.54) is 6.42 Å². The highest BCUT2D eigenvalue weighted by Crippen LogP contribution is 2.33. The lowest BCUT2D eigenvalue weighted by molar-refractivity contribution is -0.144. The quantitative estimate of drug-likeness (QED) is 0.910. The van der Waals surface area contributed by atoms with Gasteiger partial charge in [0.1, 0.15) is 6.04 Å². The van der Waals surface area contributed by atoms with Crippen molar-refractivity contribution in [2.75, 3.05) is 13.1 Å². The van der Waals surface area contributed by atoms with Crippen LogP contribution in [0.5, 0.6) is 0 Å². The van der Waals surface area contributed by atoms with E-state index >= 15 is 0 Å². The van der Waals surface area contributed by atoms with Gasteiger partial charge in [-0.1, -0.05) is 32.0 Å². The fraction of sp³-hybridized carbons (Fsp3) is 0.471. The summed E-state index contributed by atoms with van der Waals surface area (Å²) in [6.07, 6.45) is 3.03. The third-order valence-corrected chi connectivity index (χ3v) is 4.41. The number of rotatable bonds is 3. The summed E-state index contributed by atoms with van der Waals surface area (Å²) in [5, 5.41) is 10.8. The first-order chi connectivity index (χ1) is 10.1. The van der Waals surface area contributed by atoms with Gasteiger partial charge in [0.25, 0.3) is 0 Å². The van der Waals surface area contributed by atoms with Gasteiger partial charge in [-0.15, -0.1) is 0 Å². The Bertz CT molecular complexity index is 639. The van der Waals surface area contributed by atoms with E-state index in [0.29, 0.717) is 11.8 Å². The highest BCUT2D eigenvalue weighted by molar-refractivity contribution is 5.89. The molecule has 1 saturated heterocycles. The number of likely N-dealkylation sites (tertiary alicyclic amines) is 1. The number of carbonyl (C=O) groups is 1. The molecule has 1 aromatic carbocycles. The number of piperidine rings is 1. The highest BCUT2D eigenvalue weighted by Gasteiger charge is 2.34. The Hall–Kier alpha value is -1.81. The minimum Gasteiger partial charge on any atom is -0.480 e. The van der Waals surface area contributed by atoms with Crippen LogP contribution in [0.25, 0.3) is 10.9 Å². The zero-order chi connectivity index (χ0) is 15.0. The van der Waals surface area contributed by atoms with Gasteiger partial charge in [0, 0.05) is 35.8 Å². The number of carboxylic acid groups (broad SMARTS) is 1. The molecule has 2 heterocycles. The zero-order valence-corrected chi connectivity index (χ0v) is 12.5. The second-order valence-electron chi connectivity index (χ2n) is 6.43. The Morgan fingerprint density at radius 1 is 1.29 bits per heavy atom. The standard InChI is InChI=1S/C17H22N2O2/c1-11-7-12(2)10-19(9-11)16(17(20)21)14-8-18-15-6-4-3-5-13(14)15/h3-6,8,11-12,16,18H,7,9-10H2,1-2H3,(H,20,21)/t11-,12+,16-/m0/s1. The molecule has 0 unspecified atom stereocenters. The first-order valence-electron chi connectivity index (χ1n) is 7.59. The van der Waals surface area contributed by atoms with Gasteiger partial charge in [0.2, 0.25) is 0 Å². The van der Waals surface area contributed by atoms with Crippen LogP contribution in [0.1, 0.15) is 31.9 Å². The molecule has 2 N–H and O–H groups in total. The molecule has 1 aromatic heterocycles. The number of aromatic amines is 1. The van der Waals surface area contributed by atoms with Gasteiger partial charge in [-0.25, -0.2) is 0 Å². The van der Waals surface area contributed by atoms with Crippen molar-refractivity contribution in [3.8, 4) is 0 Å². The Morgan fingerprint density at radius 2 is 1.95 bits per heavy atom. The van der Waals surface area contributed by atoms with E-state index < -0.39 is 12.0 Å². The van der Waals surface area contributed by atoms with Gasteiger partial charge in [-0.2, -0.15) is 0 Å². The predicted molar refractivity (Wildman–Crippen MR) is 83.2 cm³/mol. The summed E-state index contributed by atoms with van der Waals surface area (Å²) < 4.78 is 0. The van der Waals surface area contributed by atoms with Crippen molar-refractivity contribution in [3.63, 3.8) is 0 Å². The predicted octanol–water partition coefficient (Wildman–Crippen LogP) is 3.27. The maximum absolute atomic E-state index is 11.9. The molecule has 0 saturated carbocycles. The second-order valence-corrected chi connectivity index (χ2v) is 6.43. The third-order valence-electron chi connectivity index (χ3n) is 4.41. The van der Waals surface area contributed by atoms with Crippen LogP contribution in [0, 0.1) is 11.8 Å². The number of aromatic nitrogens is 1. The largest absolute Gasteiger partial charge is 0.480 e. The van der Waals surface area contributed by atoms with E-state index in [0.717, 1.165) is 29.6 Å². The molecule has 0 amide bonds. The maximum Gasteiger partial charge on any atom is 0.325 e. The number of para-hydroxylation sites is 1. The summed E-state index contributed by atoms with van der Waals surface area (Å²) in [7, 11) is 0. The van der Waals surface area contributed by atoms with Gasteiger partial charge in [-0.3, -0.25) is 9.69 Å². The number of benzene rings is 1. The lowest BCUT2D eigenvalue weighted by Gasteiger charge is -2.38. The van der Waals surface area contributed by atoms with E-state index in [1.807, 2.05) is 30.5 Å². The summed E-state index contributed by atoms with van der Waals surface area (Å²) >= 11 is 0. The number of carboxylic acids is 1. The molecule has 0 bridgehead atoms. The Kier molecular flexibility index (Phi) is 3.72. The molecule has 1 aliphatic heterocycles. The molecule has 0 spiro atoms. The molecule has 3 atom stereocenters. The molecule has 1 aliphatic rings. The van der Waals surface area contributed by atoms with Crippen LogP contribution in [0.15, 0.2) is 30.5 Å². The smallest absolute Gasteiger partial charge is 0.325 e. The molecule has 21 heavy (non-hydrogen) atoms. The van der Waals surface area contributed by atoms with Gasteiger partial charge >= 0.3 is 5.97 Å². The molecule has 0 aliphatic carbocycles. The molecule has 2 aromatic rings. The molecule has 0 radical (unpaired) electrons. The summed E-state index contributed by atoms with van der Waals surface area (Å²) in [6, 6.07) is 7.34. The van der Waals surface area contributed by atoms with Gasteiger partial charge in [0.05, 0.1) is 0 Å². The summed E-state index contributed by atoms with van der Waals surface area (Å²) in [4.78, 5) is 17.2. The van der Waals surface area contributed by atoms with Crippen molar-refractivity contribution in [3.05, 3.63) is 36.0 Å². The molecule has 1 fully saturated rings. The monoisotopic (exact) mass is 286 g/mol. The van der Waals surface area contributed by atoms with Crippen LogP contribution in [0.2, 0.25) is 0 Å². The lowest BCUT2D eigenvalue weighted by atomic mass is 9.89. The number of fused-ring (bicyclic) bond motifs is 1. The molecule has 4 nitrogen and oxygen atoms in total. The molecular weight excluding hydrogens is 264 g/mol. The van der Waals surface area contributed by atoms with E-state index in [2.05, 4.69) is 23.7 Å². The molecule has 3 rings (SSSR count). The fourth-order valence-electron chi connectivity index (χ4n) is 3.73. The van der Waals surface area contributed by atoms with Crippen molar-refractivity contribution in [1.82, 2.24) is 9.88 Å². The first kappa shape index (κ1) is 14.1. The van der Waals surface area contributed by atoms with Crippen LogP contribution >= 0.6 is 0 Å². The van der Waals surface area contributed by atoms with Crippen molar-refractivity contribution >= 4 is 16.9 Å². The van der Waals surface area contributed by atoms with Gasteiger partial charge in [-0.05, 0) is 24.3 Å². The van der Waals surface area contributed by atoms with Crippen molar-refractivity contribution in [2.45, 2.75) is 26.3 Å². The van der Waals surface area contributed by atoms with Crippen LogP contribution < -0.4 is 0 Å². The van der Waals surface area contributed by atoms with Crippen molar-refractivity contribution in [1.29, 1.82) is 0 Å². The number of H-pyrrole nitrogens is 1. The average Bonchev–Trinajstić information content (AvgIpc) is 2.82. The minimum atomic E-state index is -0.763. The Morgan fingerprint density at radius 3 is 2.62 bits per heavy atom. The minimum absolute atomic E-state index is 0.542. The average molecular weight is 286 g/mol. The van der Waals surface area contributed by atoms with Crippen LogP contribution in [0.4, 0.5) is 0 Å². The SMILES string of the molecule is C[C@@H]1C[C@H](C)CN([C@H](C(=O)O)c2c[nH]c3ccccc23)C1. The maximum atomic E-state index is 11.9. The highest BCUT2D eigenvalue weighted by atomic mass is 16.4. The first-order valence-corrected chi connectivity index (χ1v) is 7.59. The normalized spacial score (nSPS) is 25.0. The number of hydrogen-bond donors (Lipinski definition) is 2. The van der Waals surface area contributed by atoms with Gasteiger partial charge < -0.3 is 10.1 Å². The van der Waals surface area contributed by atoms with Gasteiger partial charge in [0.15, 0.2) is 0 Å². The van der Waals surface area contributed by atoms with Crippen molar-refractivity contribution in [2.24, 2.45) is 11.8 Å². The number of aliphatic carboxylic acids is 1.